The Kier molecular flexibility index (Phi) is 6.68. The van der Waals surface area contributed by atoms with Crippen LogP contribution in [-0.2, 0) is 10.0 Å². The lowest BCUT2D eigenvalue weighted by molar-refractivity contribution is 0.0699. The van der Waals surface area contributed by atoms with Gasteiger partial charge in [-0.25, -0.2) is 13.2 Å². The standard InChI is InChI=1S/C25H24N2O7S/c1-33-22-14-19-21(15-20(22)27(12-13-28)35(2,31)32)34-24(23(19)25(29)30)16-8-10-18(11-9-16)26-17-6-4-3-5-7-17/h3-11,14-15,26,28H,12-13H2,1-2H3,(H,29,30). The fourth-order valence-corrected chi connectivity index (χ4v) is 4.75. The normalized spacial score (nSPS) is 11.4. The number of carbonyl (C=O) groups is 1. The molecule has 0 aliphatic carbocycles. The van der Waals surface area contributed by atoms with Gasteiger partial charge in [0.2, 0.25) is 10.0 Å². The first-order valence-electron chi connectivity index (χ1n) is 10.6. The maximum atomic E-state index is 12.3. The van der Waals surface area contributed by atoms with Crippen molar-refractivity contribution in [1.29, 1.82) is 0 Å². The van der Waals surface area contributed by atoms with Gasteiger partial charge in [-0.05, 0) is 42.5 Å². The van der Waals surface area contributed by atoms with Crippen LogP contribution >= 0.6 is 0 Å². The van der Waals surface area contributed by atoms with Crippen LogP contribution in [0.4, 0.5) is 17.1 Å². The molecule has 0 saturated carbocycles. The third-order valence-corrected chi connectivity index (χ3v) is 6.56. The third-order valence-electron chi connectivity index (χ3n) is 5.39. The monoisotopic (exact) mass is 496 g/mol. The minimum absolute atomic E-state index is 0.0679. The number of hydrogen-bond donors (Lipinski definition) is 3. The minimum Gasteiger partial charge on any atom is -0.495 e. The highest BCUT2D eigenvalue weighted by atomic mass is 32.2. The summed E-state index contributed by atoms with van der Waals surface area (Å²) in [6.45, 7) is -0.614. The number of fused-ring (bicyclic) bond motifs is 1. The summed E-state index contributed by atoms with van der Waals surface area (Å²) >= 11 is 0. The van der Waals surface area contributed by atoms with E-state index in [1.54, 1.807) is 24.3 Å². The van der Waals surface area contributed by atoms with Crippen molar-refractivity contribution in [2.45, 2.75) is 0 Å². The zero-order valence-corrected chi connectivity index (χ0v) is 19.9. The van der Waals surface area contributed by atoms with Crippen LogP contribution in [0.1, 0.15) is 10.4 Å². The molecule has 0 atom stereocenters. The van der Waals surface area contributed by atoms with Crippen molar-refractivity contribution in [3.63, 3.8) is 0 Å². The molecule has 0 aliphatic rings. The molecule has 0 aliphatic heterocycles. The largest absolute Gasteiger partial charge is 0.495 e. The number of hydrogen-bond acceptors (Lipinski definition) is 7. The molecule has 3 N–H and O–H groups in total. The summed E-state index contributed by atoms with van der Waals surface area (Å²) in [7, 11) is -2.40. The first kappa shape index (κ1) is 24.1. The number of rotatable bonds is 9. The Morgan fingerprint density at radius 1 is 1.06 bits per heavy atom. The third kappa shape index (κ3) is 4.93. The predicted octanol–water partition coefficient (Wildman–Crippen LogP) is 4.31. The van der Waals surface area contributed by atoms with Gasteiger partial charge in [0.15, 0.2) is 0 Å². The lowest BCUT2D eigenvalue weighted by Crippen LogP contribution is -2.32. The molecule has 4 rings (SSSR count). The number of nitrogens with zero attached hydrogens (tertiary/aromatic N) is 1. The van der Waals surface area contributed by atoms with Gasteiger partial charge in [-0.2, -0.15) is 0 Å². The molecule has 0 bridgehead atoms. The second kappa shape index (κ2) is 9.69. The van der Waals surface area contributed by atoms with Gasteiger partial charge in [0.05, 0.1) is 32.2 Å². The number of aliphatic hydroxyl groups is 1. The van der Waals surface area contributed by atoms with Crippen LogP contribution < -0.4 is 14.4 Å². The van der Waals surface area contributed by atoms with E-state index in [1.807, 2.05) is 30.3 Å². The van der Waals surface area contributed by atoms with Gasteiger partial charge in [0.25, 0.3) is 0 Å². The van der Waals surface area contributed by atoms with E-state index in [0.717, 1.165) is 21.9 Å². The van der Waals surface area contributed by atoms with E-state index in [9.17, 15) is 23.4 Å². The van der Waals surface area contributed by atoms with Crippen molar-refractivity contribution in [2.24, 2.45) is 0 Å². The predicted molar refractivity (Wildman–Crippen MR) is 134 cm³/mol. The molecule has 1 aromatic heterocycles. The van der Waals surface area contributed by atoms with Crippen LogP contribution in [0.3, 0.4) is 0 Å². The minimum atomic E-state index is -3.76. The number of aliphatic hydroxyl groups excluding tert-OH is 1. The van der Waals surface area contributed by atoms with Crippen molar-refractivity contribution in [3.8, 4) is 17.1 Å². The summed E-state index contributed by atoms with van der Waals surface area (Å²) < 4.78 is 36.9. The number of nitrogens with one attached hydrogen (secondary N) is 1. The van der Waals surface area contributed by atoms with Crippen LogP contribution in [0.5, 0.6) is 5.75 Å². The van der Waals surface area contributed by atoms with Gasteiger partial charge in [0, 0.05) is 28.4 Å². The molecule has 35 heavy (non-hydrogen) atoms. The summed E-state index contributed by atoms with van der Waals surface area (Å²) in [5, 5.41) is 22.9. The first-order chi connectivity index (χ1) is 16.7. The topological polar surface area (TPSA) is 129 Å². The molecular weight excluding hydrogens is 472 g/mol. The second-order valence-electron chi connectivity index (χ2n) is 7.76. The van der Waals surface area contributed by atoms with E-state index in [2.05, 4.69) is 5.32 Å². The molecule has 0 fully saturated rings. The number of sulfonamides is 1. The van der Waals surface area contributed by atoms with Crippen molar-refractivity contribution in [1.82, 2.24) is 0 Å². The van der Waals surface area contributed by atoms with E-state index >= 15 is 0 Å². The molecule has 9 nitrogen and oxygen atoms in total. The Morgan fingerprint density at radius 2 is 1.71 bits per heavy atom. The number of aromatic carboxylic acids is 1. The van der Waals surface area contributed by atoms with Crippen LogP contribution in [0, 0.1) is 0 Å². The van der Waals surface area contributed by atoms with Crippen LogP contribution in [0.2, 0.25) is 0 Å². The van der Waals surface area contributed by atoms with E-state index in [1.165, 1.54) is 19.2 Å². The van der Waals surface area contributed by atoms with Crippen molar-refractivity contribution >= 4 is 44.0 Å². The summed E-state index contributed by atoms with van der Waals surface area (Å²) in [6.07, 6.45) is 1.01. The SMILES string of the molecule is COc1cc2c(C(=O)O)c(-c3ccc(Nc4ccccc4)cc3)oc2cc1N(CCO)S(C)(=O)=O. The van der Waals surface area contributed by atoms with Crippen LogP contribution in [0.15, 0.2) is 71.1 Å². The Hall–Kier alpha value is -4.02. The van der Waals surface area contributed by atoms with Crippen LogP contribution in [0.25, 0.3) is 22.3 Å². The molecule has 4 aromatic rings. The van der Waals surface area contributed by atoms with Crippen LogP contribution in [-0.4, -0.2) is 51.1 Å². The van der Waals surface area contributed by atoms with Gasteiger partial charge >= 0.3 is 5.97 Å². The van der Waals surface area contributed by atoms with E-state index in [4.69, 9.17) is 9.15 Å². The lowest BCUT2D eigenvalue weighted by Gasteiger charge is -2.23. The fourth-order valence-electron chi connectivity index (χ4n) is 3.84. The van der Waals surface area contributed by atoms with E-state index in [0.29, 0.717) is 5.56 Å². The first-order valence-corrected chi connectivity index (χ1v) is 12.5. The van der Waals surface area contributed by atoms with Gasteiger partial charge in [-0.3, -0.25) is 4.31 Å². The fraction of sp³-hybridized carbons (Fsp3) is 0.160. The van der Waals surface area contributed by atoms with Gasteiger partial charge in [-0.15, -0.1) is 0 Å². The van der Waals surface area contributed by atoms with Crippen molar-refractivity contribution in [2.75, 3.05) is 36.1 Å². The molecule has 0 radical (unpaired) electrons. The highest BCUT2D eigenvalue weighted by Crippen LogP contribution is 2.41. The summed E-state index contributed by atoms with van der Waals surface area (Å²) in [6, 6.07) is 19.5. The zero-order chi connectivity index (χ0) is 25.2. The molecule has 10 heteroatoms. The maximum absolute atomic E-state index is 12.3. The Bertz CT molecular complexity index is 1460. The van der Waals surface area contributed by atoms with Gasteiger partial charge in [0.1, 0.15) is 22.7 Å². The summed E-state index contributed by atoms with van der Waals surface area (Å²) in [5.41, 5.74) is 2.50. The average Bonchev–Trinajstić information content (AvgIpc) is 3.20. The second-order valence-corrected chi connectivity index (χ2v) is 9.67. The maximum Gasteiger partial charge on any atom is 0.340 e. The number of ether oxygens (including phenoxy) is 1. The van der Waals surface area contributed by atoms with Crippen molar-refractivity contribution < 1.29 is 32.6 Å². The van der Waals surface area contributed by atoms with E-state index < -0.39 is 22.6 Å². The lowest BCUT2D eigenvalue weighted by atomic mass is 10.0. The summed E-state index contributed by atoms with van der Waals surface area (Å²) in [4.78, 5) is 12.2. The number of para-hydroxylation sites is 1. The number of carboxylic acids is 1. The molecule has 0 amide bonds. The molecule has 3 aromatic carbocycles. The van der Waals surface area contributed by atoms with Gasteiger partial charge < -0.3 is 24.7 Å². The smallest absolute Gasteiger partial charge is 0.340 e. The number of carboxylic acid groups (broad SMARTS) is 1. The van der Waals surface area contributed by atoms with Crippen molar-refractivity contribution in [3.05, 3.63) is 72.3 Å². The Balaban J connectivity index is 1.81. The van der Waals surface area contributed by atoms with E-state index in [-0.39, 0.29) is 40.3 Å². The molecule has 182 valence electrons. The number of furan rings is 1. The molecule has 0 unspecified atom stereocenters. The number of methoxy groups -OCH3 is 1. The zero-order valence-electron chi connectivity index (χ0n) is 19.1. The Labute approximate surface area is 202 Å². The number of anilines is 3. The van der Waals surface area contributed by atoms with Gasteiger partial charge in [-0.1, -0.05) is 18.2 Å². The highest BCUT2D eigenvalue weighted by Gasteiger charge is 2.27. The quantitative estimate of drug-likeness (QED) is 0.313. The molecule has 1 heterocycles. The Morgan fingerprint density at radius 3 is 2.29 bits per heavy atom. The average molecular weight is 497 g/mol. The molecular formula is C25H24N2O7S. The highest BCUT2D eigenvalue weighted by molar-refractivity contribution is 7.92. The number of benzene rings is 3. The summed E-state index contributed by atoms with van der Waals surface area (Å²) in [5.74, 6) is -0.935. The molecule has 0 saturated heterocycles. The molecule has 0 spiro atoms.